The number of Topliss-reactive ketones (excluding diaryl/α,β-unsaturated/α-hetero) is 1. The van der Waals surface area contributed by atoms with E-state index in [1.54, 1.807) is 20.8 Å². The van der Waals surface area contributed by atoms with Crippen molar-refractivity contribution in [2.24, 2.45) is 33.6 Å². The number of phosphoric ester groups is 1. The smallest absolute Gasteiger partial charge is 0.790 e. The van der Waals surface area contributed by atoms with Gasteiger partial charge in [0.2, 0.25) is 0 Å². The summed E-state index contributed by atoms with van der Waals surface area (Å²) in [5.41, 5.74) is -1.63. The first-order valence-electron chi connectivity index (χ1n) is 17.7. The number of phosphoric acid groups is 1. The SMILES string of the molecule is C[C@@H]1C[C@H]2[C@@H]3CCC4=CC(=O)C=C[C@]4(C)[C@@]3(F)[C@@H](O)C[C@]2(C)[C@@]1(O)C(=O)COP(=O)([O-])[O-].Cc1cc(C(C)(C)C)c(O)c(C)c1CC1=NCCN1.[Na+].[Na+]. The first-order chi connectivity index (χ1) is 23.4. The van der Waals surface area contributed by atoms with Gasteiger partial charge in [0.15, 0.2) is 17.2 Å². The van der Waals surface area contributed by atoms with E-state index in [1.807, 2.05) is 6.92 Å². The number of nitrogens with zero attached hydrogens (tertiary/aromatic N) is 1. The molecule has 4 N–H and O–H groups in total. The zero-order chi connectivity index (χ0) is 38.1. The Labute approximate surface area is 356 Å². The molecule has 0 amide bonds. The number of phenols is 1. The van der Waals surface area contributed by atoms with Crippen molar-refractivity contribution in [3.05, 3.63) is 52.1 Å². The predicted octanol–water partition coefficient (Wildman–Crippen LogP) is -2.39. The summed E-state index contributed by atoms with van der Waals surface area (Å²) < 4.78 is 32.0. The summed E-state index contributed by atoms with van der Waals surface area (Å²) in [5, 5.41) is 36.5. The van der Waals surface area contributed by atoms with Gasteiger partial charge < -0.3 is 39.5 Å². The van der Waals surface area contributed by atoms with Crippen molar-refractivity contribution in [3.63, 3.8) is 0 Å². The maximum absolute atomic E-state index is 17.0. The number of rotatable bonds is 6. The number of aryl methyl sites for hydroxylation is 1. The van der Waals surface area contributed by atoms with Crippen LogP contribution in [0.5, 0.6) is 5.75 Å². The zero-order valence-corrected chi connectivity index (χ0v) is 37.7. The molecule has 8 atom stereocenters. The summed E-state index contributed by atoms with van der Waals surface area (Å²) >= 11 is 0. The van der Waals surface area contributed by atoms with Gasteiger partial charge in [0.05, 0.1) is 20.5 Å². The van der Waals surface area contributed by atoms with Crippen LogP contribution in [0.25, 0.3) is 0 Å². The van der Waals surface area contributed by atoms with Crippen molar-refractivity contribution < 1.29 is 107 Å². The minimum absolute atomic E-state index is 0. The number of nitrogens with one attached hydrogen (secondary N) is 1. The molecular formula is C38H52FN2Na2O9P. The Balaban J connectivity index is 0.000000310. The van der Waals surface area contributed by atoms with E-state index in [2.05, 4.69) is 48.6 Å². The molecule has 282 valence electrons. The Kier molecular flexibility index (Phi) is 14.3. The molecule has 15 heteroatoms. The second-order valence-corrected chi connectivity index (χ2v) is 17.8. The molecule has 1 aromatic carbocycles. The molecule has 0 aromatic heterocycles. The van der Waals surface area contributed by atoms with Gasteiger partial charge in [0, 0.05) is 29.7 Å². The van der Waals surface area contributed by atoms with E-state index in [0.29, 0.717) is 24.2 Å². The van der Waals surface area contributed by atoms with Gasteiger partial charge in [-0.1, -0.05) is 52.3 Å². The molecule has 1 heterocycles. The van der Waals surface area contributed by atoms with E-state index in [4.69, 9.17) is 0 Å². The van der Waals surface area contributed by atoms with Gasteiger partial charge in [-0.25, -0.2) is 4.39 Å². The second kappa shape index (κ2) is 16.3. The number of amidine groups is 1. The molecule has 6 rings (SSSR count). The van der Waals surface area contributed by atoms with Gasteiger partial charge in [-0.05, 0) is 98.1 Å². The van der Waals surface area contributed by atoms with Crippen LogP contribution in [0.1, 0.15) is 89.5 Å². The predicted molar refractivity (Wildman–Crippen MR) is 187 cm³/mol. The normalized spacial score (nSPS) is 34.5. The third-order valence-corrected chi connectivity index (χ3v) is 13.2. The Bertz CT molecular complexity index is 1760. The summed E-state index contributed by atoms with van der Waals surface area (Å²) in [4.78, 5) is 51.0. The van der Waals surface area contributed by atoms with Crippen molar-refractivity contribution >= 4 is 25.2 Å². The van der Waals surface area contributed by atoms with Crippen molar-refractivity contribution in [2.45, 2.75) is 110 Å². The maximum Gasteiger partial charge on any atom is 1.00 e. The van der Waals surface area contributed by atoms with E-state index in [1.165, 1.54) is 29.4 Å². The number of hydrogen-bond acceptors (Lipinski definition) is 11. The van der Waals surface area contributed by atoms with Gasteiger partial charge in [-0.15, -0.1) is 0 Å². The van der Waals surface area contributed by atoms with Crippen LogP contribution in [-0.2, 0) is 30.5 Å². The van der Waals surface area contributed by atoms with Gasteiger partial charge in [0.1, 0.15) is 23.8 Å². The summed E-state index contributed by atoms with van der Waals surface area (Å²) in [5.74, 6) is -1.58. The van der Waals surface area contributed by atoms with E-state index in [0.717, 1.165) is 36.5 Å². The molecule has 1 aliphatic heterocycles. The molecule has 1 aromatic rings. The Hall–Kier alpha value is -0.730. The van der Waals surface area contributed by atoms with Crippen molar-refractivity contribution in [1.82, 2.24) is 5.32 Å². The van der Waals surface area contributed by atoms with Gasteiger partial charge in [-0.2, -0.15) is 0 Å². The first kappa shape index (κ1) is 46.7. The molecule has 0 radical (unpaired) electrons. The minimum Gasteiger partial charge on any atom is -0.790 e. The number of fused-ring (bicyclic) bond motifs is 5. The standard InChI is InChI=1S/C22H30FO8P.C16H24N2O.2Na/c1-12-8-16-15-5-4-13-9-14(24)6-7-19(13,2)21(15,23)17(25)10-20(16,3)22(12,27)18(26)11-31-32(28,29)30;1-10-8-13(16(3,4)5)15(19)11(2)12(10)9-14-17-6-7-18-14;;/h6-7,9,12,15-17,25,27H,4-5,8,10-11H2,1-3H3,(H2,28,29,30);8,19H,6-7,9H2,1-5H3,(H,17,18);;/q;;2*+1/p-2/t12-,15+,16+,17+,19+,20+,21+,22+;;;/m1.../s1. The number of aromatic hydroxyl groups is 1. The molecule has 4 aliphatic carbocycles. The third kappa shape index (κ3) is 8.06. The number of carbonyl (C=O) groups is 2. The number of phenolic OH excluding ortho intramolecular Hbond substituents is 1. The molecule has 3 fully saturated rings. The number of halogens is 1. The van der Waals surface area contributed by atoms with Crippen LogP contribution in [-0.4, -0.2) is 69.8 Å². The van der Waals surface area contributed by atoms with Crippen molar-refractivity contribution in [2.75, 3.05) is 19.7 Å². The number of allylic oxidation sites excluding steroid dienone is 4. The van der Waals surface area contributed by atoms with Crippen LogP contribution in [0, 0.1) is 42.4 Å². The second-order valence-electron chi connectivity index (χ2n) is 16.7. The van der Waals surface area contributed by atoms with Crippen LogP contribution in [0.4, 0.5) is 4.39 Å². The topological polar surface area (TPSA) is 192 Å². The van der Waals surface area contributed by atoms with Crippen LogP contribution in [0.2, 0.25) is 0 Å². The molecule has 0 saturated heterocycles. The van der Waals surface area contributed by atoms with Crippen molar-refractivity contribution in [1.29, 1.82) is 0 Å². The molecule has 53 heavy (non-hydrogen) atoms. The summed E-state index contributed by atoms with van der Waals surface area (Å²) in [6.45, 7) is 16.1. The number of alkyl halides is 1. The van der Waals surface area contributed by atoms with E-state index < -0.39 is 66.2 Å². The molecule has 0 unspecified atom stereocenters. The number of carbonyl (C=O) groups excluding carboxylic acids is 2. The van der Waals surface area contributed by atoms with Gasteiger partial charge >= 0.3 is 59.1 Å². The number of benzene rings is 1. The van der Waals surface area contributed by atoms with E-state index in [9.17, 15) is 39.3 Å². The minimum atomic E-state index is -5.43. The number of aliphatic imine (C=N–C) groups is 1. The van der Waals surface area contributed by atoms with Crippen LogP contribution < -0.4 is 74.2 Å². The molecule has 0 spiro atoms. The number of ketones is 2. The maximum atomic E-state index is 17.0. The third-order valence-electron chi connectivity index (χ3n) is 12.8. The van der Waals surface area contributed by atoms with Crippen molar-refractivity contribution in [3.8, 4) is 5.75 Å². The largest absolute Gasteiger partial charge is 1.00 e. The fraction of sp³-hybridized carbons (Fsp3) is 0.658. The number of hydrogen-bond donors (Lipinski definition) is 4. The summed E-state index contributed by atoms with van der Waals surface area (Å²) in [6.07, 6.45) is 4.32. The number of aliphatic hydroxyl groups is 2. The Morgan fingerprint density at radius 1 is 1.19 bits per heavy atom. The zero-order valence-electron chi connectivity index (χ0n) is 32.8. The summed E-state index contributed by atoms with van der Waals surface area (Å²) in [6, 6.07) is 2.12. The van der Waals surface area contributed by atoms with E-state index in [-0.39, 0.29) is 83.2 Å². The quantitative estimate of drug-likeness (QED) is 0.179. The van der Waals surface area contributed by atoms with Gasteiger partial charge in [0.25, 0.3) is 0 Å². The van der Waals surface area contributed by atoms with Gasteiger partial charge in [-0.3, -0.25) is 14.6 Å². The molecule has 11 nitrogen and oxygen atoms in total. The molecule has 3 saturated carbocycles. The van der Waals surface area contributed by atoms with Crippen LogP contribution in [0.15, 0.2) is 34.9 Å². The first-order valence-corrected chi connectivity index (χ1v) is 19.2. The van der Waals surface area contributed by atoms with E-state index >= 15 is 4.39 Å². The van der Waals surface area contributed by atoms with Crippen LogP contribution in [0.3, 0.4) is 0 Å². The van der Waals surface area contributed by atoms with Crippen LogP contribution >= 0.6 is 7.82 Å². The summed E-state index contributed by atoms with van der Waals surface area (Å²) in [7, 11) is -5.43. The fourth-order valence-electron chi connectivity index (χ4n) is 9.98. The fourth-order valence-corrected chi connectivity index (χ4v) is 10.3. The Morgan fingerprint density at radius 3 is 2.40 bits per heavy atom. The molecule has 5 aliphatic rings. The molecular weight excluding hydrogens is 724 g/mol. The number of aliphatic hydroxyl groups excluding tert-OH is 1. The monoisotopic (exact) mass is 776 g/mol. The molecule has 0 bridgehead atoms. The average molecular weight is 777 g/mol. The Morgan fingerprint density at radius 2 is 1.83 bits per heavy atom. The average Bonchev–Trinajstić information content (AvgIpc) is 3.61.